The molecule has 3 amide bonds. The minimum Gasteiger partial charge on any atom is -0.493 e. The van der Waals surface area contributed by atoms with Gasteiger partial charge in [0.2, 0.25) is 5.91 Å². The van der Waals surface area contributed by atoms with Crippen molar-refractivity contribution in [2.75, 3.05) is 31.0 Å². The number of H-pyrrole nitrogens is 1. The van der Waals surface area contributed by atoms with E-state index < -0.39 is 6.17 Å². The number of aromatic amines is 1. The summed E-state index contributed by atoms with van der Waals surface area (Å²) in [5, 5.41) is 2.88. The number of methoxy groups -OCH3 is 2. The summed E-state index contributed by atoms with van der Waals surface area (Å²) in [4.78, 5) is 50.6. The number of rotatable bonds is 6. The van der Waals surface area contributed by atoms with Crippen molar-refractivity contribution in [2.45, 2.75) is 12.6 Å². The molecule has 4 aromatic rings. The third-order valence-corrected chi connectivity index (χ3v) is 6.77. The highest BCUT2D eigenvalue weighted by Crippen LogP contribution is 2.49. The summed E-state index contributed by atoms with van der Waals surface area (Å²) in [5.41, 5.74) is 4.12. The molecule has 6 rings (SSSR count). The lowest BCUT2D eigenvalue weighted by Gasteiger charge is -2.40. The summed E-state index contributed by atoms with van der Waals surface area (Å²) in [6.07, 6.45) is 0.919. The largest absolute Gasteiger partial charge is 0.493 e. The molecule has 0 radical (unpaired) electrons. The first-order valence-corrected chi connectivity index (χ1v) is 11.7. The molecule has 2 N–H and O–H groups in total. The van der Waals surface area contributed by atoms with Crippen LogP contribution in [0.5, 0.6) is 11.5 Å². The Bertz CT molecular complexity index is 1580. The Kier molecular flexibility index (Phi) is 5.29. The second-order valence-corrected chi connectivity index (χ2v) is 8.76. The van der Waals surface area contributed by atoms with Gasteiger partial charge in [0, 0.05) is 24.2 Å². The van der Waals surface area contributed by atoms with Crippen molar-refractivity contribution in [3.8, 4) is 11.5 Å². The lowest BCUT2D eigenvalue weighted by atomic mass is 10.0. The van der Waals surface area contributed by atoms with Crippen LogP contribution in [0.1, 0.15) is 38.9 Å². The van der Waals surface area contributed by atoms with Crippen LogP contribution in [0.4, 0.5) is 11.4 Å². The van der Waals surface area contributed by atoms with Gasteiger partial charge in [-0.25, -0.2) is 4.98 Å². The van der Waals surface area contributed by atoms with Crippen LogP contribution >= 0.6 is 0 Å². The van der Waals surface area contributed by atoms with Gasteiger partial charge in [0.05, 0.1) is 48.4 Å². The maximum absolute atomic E-state index is 13.7. The molecular formula is C27H23N5O5. The lowest BCUT2D eigenvalue weighted by Crippen LogP contribution is -2.49. The summed E-state index contributed by atoms with van der Waals surface area (Å²) >= 11 is 0. The highest BCUT2D eigenvalue weighted by molar-refractivity contribution is 6.18. The Morgan fingerprint density at radius 1 is 1.05 bits per heavy atom. The van der Waals surface area contributed by atoms with E-state index in [9.17, 15) is 14.4 Å². The Balaban J connectivity index is 1.33. The number of nitrogens with one attached hydrogen (secondary N) is 2. The van der Waals surface area contributed by atoms with E-state index in [0.29, 0.717) is 39.6 Å². The number of aromatic nitrogens is 2. The van der Waals surface area contributed by atoms with Gasteiger partial charge in [-0.3, -0.25) is 19.3 Å². The van der Waals surface area contributed by atoms with Gasteiger partial charge in [-0.05, 0) is 36.4 Å². The topological polar surface area (TPSA) is 117 Å². The zero-order chi connectivity index (χ0) is 25.7. The average Bonchev–Trinajstić information content (AvgIpc) is 3.50. The zero-order valence-corrected chi connectivity index (χ0v) is 20.1. The SMILES string of the molecule is COc1ccc2c(c1OC)C(=O)N1c3ccccc3C(=O)N(CCC(=O)Nc3ccc4nc[nH]c4c3)C21. The smallest absolute Gasteiger partial charge is 0.264 e. The summed E-state index contributed by atoms with van der Waals surface area (Å²) in [7, 11) is 2.98. The van der Waals surface area contributed by atoms with Crippen molar-refractivity contribution < 1.29 is 23.9 Å². The number of amides is 3. The van der Waals surface area contributed by atoms with E-state index in [4.69, 9.17) is 9.47 Å². The third-order valence-electron chi connectivity index (χ3n) is 6.77. The molecule has 2 aliphatic heterocycles. The summed E-state index contributed by atoms with van der Waals surface area (Å²) in [5.74, 6) is -0.0589. The second kappa shape index (κ2) is 8.66. The van der Waals surface area contributed by atoms with Gasteiger partial charge < -0.3 is 24.7 Å². The van der Waals surface area contributed by atoms with Crippen LogP contribution < -0.4 is 19.7 Å². The van der Waals surface area contributed by atoms with E-state index in [2.05, 4.69) is 15.3 Å². The average molecular weight is 498 g/mol. The van der Waals surface area contributed by atoms with Crippen LogP contribution in [0.2, 0.25) is 0 Å². The van der Waals surface area contributed by atoms with Crippen LogP contribution in [-0.2, 0) is 4.79 Å². The number of ether oxygens (including phenoxy) is 2. The molecule has 3 aromatic carbocycles. The number of nitrogens with zero attached hydrogens (tertiary/aromatic N) is 3. The van der Waals surface area contributed by atoms with E-state index in [1.54, 1.807) is 64.7 Å². The monoisotopic (exact) mass is 497 g/mol. The molecule has 1 aromatic heterocycles. The fraction of sp³-hybridized carbons (Fsp3) is 0.185. The summed E-state index contributed by atoms with van der Waals surface area (Å²) < 4.78 is 11.0. The highest BCUT2D eigenvalue weighted by atomic mass is 16.5. The van der Waals surface area contributed by atoms with Gasteiger partial charge in [-0.15, -0.1) is 0 Å². The molecule has 0 saturated carbocycles. The molecule has 0 fully saturated rings. The van der Waals surface area contributed by atoms with E-state index in [1.807, 2.05) is 6.07 Å². The van der Waals surface area contributed by atoms with Gasteiger partial charge in [0.25, 0.3) is 11.8 Å². The Hall–Kier alpha value is -4.86. The molecular weight excluding hydrogens is 474 g/mol. The van der Waals surface area contributed by atoms with Crippen LogP contribution in [0.15, 0.2) is 60.9 Å². The van der Waals surface area contributed by atoms with Crippen LogP contribution in [0.3, 0.4) is 0 Å². The Labute approximate surface area is 211 Å². The molecule has 0 aliphatic carbocycles. The molecule has 1 unspecified atom stereocenters. The Morgan fingerprint density at radius 2 is 1.89 bits per heavy atom. The van der Waals surface area contributed by atoms with Gasteiger partial charge >= 0.3 is 0 Å². The van der Waals surface area contributed by atoms with E-state index >= 15 is 0 Å². The number of carbonyl (C=O) groups is 3. The van der Waals surface area contributed by atoms with Crippen molar-refractivity contribution in [1.82, 2.24) is 14.9 Å². The zero-order valence-electron chi connectivity index (χ0n) is 20.1. The molecule has 186 valence electrons. The minimum absolute atomic E-state index is 0.0378. The summed E-state index contributed by atoms with van der Waals surface area (Å²) in [6.45, 7) is 0.105. The minimum atomic E-state index is -0.709. The third kappa shape index (κ3) is 3.48. The van der Waals surface area contributed by atoms with Crippen molar-refractivity contribution in [3.63, 3.8) is 0 Å². The molecule has 10 heteroatoms. The molecule has 3 heterocycles. The predicted octanol–water partition coefficient (Wildman–Crippen LogP) is 3.72. The Morgan fingerprint density at radius 3 is 2.70 bits per heavy atom. The molecule has 0 bridgehead atoms. The number of carbonyl (C=O) groups excluding carboxylic acids is 3. The van der Waals surface area contributed by atoms with Crippen molar-refractivity contribution in [2.24, 2.45) is 0 Å². The fourth-order valence-electron chi connectivity index (χ4n) is 5.11. The number of hydrogen-bond acceptors (Lipinski definition) is 6. The van der Waals surface area contributed by atoms with Gasteiger partial charge in [0.15, 0.2) is 11.5 Å². The lowest BCUT2D eigenvalue weighted by molar-refractivity contribution is -0.116. The van der Waals surface area contributed by atoms with Crippen molar-refractivity contribution in [1.29, 1.82) is 0 Å². The first kappa shape index (κ1) is 22.6. The van der Waals surface area contributed by atoms with Crippen LogP contribution in [0.25, 0.3) is 11.0 Å². The number of anilines is 2. The number of benzene rings is 3. The molecule has 0 saturated heterocycles. The van der Waals surface area contributed by atoms with Crippen LogP contribution in [0, 0.1) is 0 Å². The van der Waals surface area contributed by atoms with Crippen LogP contribution in [-0.4, -0.2) is 53.4 Å². The van der Waals surface area contributed by atoms with Gasteiger partial charge in [-0.2, -0.15) is 0 Å². The first-order valence-electron chi connectivity index (χ1n) is 11.7. The van der Waals surface area contributed by atoms with E-state index in [1.165, 1.54) is 14.2 Å². The number of hydrogen-bond donors (Lipinski definition) is 2. The standard InChI is InChI=1S/C27H23N5O5/c1-36-21-10-8-17-23(24(21)37-2)27(35)32-20-6-4-3-5-16(20)26(34)31(25(17)32)12-11-22(33)30-15-7-9-18-19(13-15)29-14-28-18/h3-10,13-14,25H,11-12H2,1-2H3,(H,28,29)(H,30,33). The molecule has 2 aliphatic rings. The normalized spacial score (nSPS) is 15.9. The first-order chi connectivity index (χ1) is 18.0. The maximum Gasteiger partial charge on any atom is 0.264 e. The summed E-state index contributed by atoms with van der Waals surface area (Å²) in [6, 6.07) is 15.9. The maximum atomic E-state index is 13.7. The number of imidazole rings is 1. The molecule has 10 nitrogen and oxygen atoms in total. The number of fused-ring (bicyclic) bond motifs is 6. The van der Waals surface area contributed by atoms with E-state index in [-0.39, 0.29) is 30.7 Å². The second-order valence-electron chi connectivity index (χ2n) is 8.76. The fourth-order valence-corrected chi connectivity index (χ4v) is 5.11. The van der Waals surface area contributed by atoms with Gasteiger partial charge in [-0.1, -0.05) is 18.2 Å². The predicted molar refractivity (Wildman–Crippen MR) is 136 cm³/mol. The molecule has 0 spiro atoms. The van der Waals surface area contributed by atoms with Gasteiger partial charge in [0.1, 0.15) is 6.17 Å². The molecule has 37 heavy (non-hydrogen) atoms. The van der Waals surface area contributed by atoms with Crippen molar-refractivity contribution in [3.05, 3.63) is 77.6 Å². The molecule has 1 atom stereocenters. The van der Waals surface area contributed by atoms with E-state index in [0.717, 1.165) is 11.0 Å². The number of para-hydroxylation sites is 1. The highest BCUT2D eigenvalue weighted by Gasteiger charge is 2.49. The van der Waals surface area contributed by atoms with Crippen molar-refractivity contribution >= 4 is 40.1 Å². The quantitative estimate of drug-likeness (QED) is 0.419.